The molecule has 0 radical (unpaired) electrons. The summed E-state index contributed by atoms with van der Waals surface area (Å²) in [6.07, 6.45) is 4.12. The summed E-state index contributed by atoms with van der Waals surface area (Å²) in [6.45, 7) is 3.92. The number of ether oxygens (including phenoxy) is 1. The summed E-state index contributed by atoms with van der Waals surface area (Å²) in [5.41, 5.74) is 2.59. The van der Waals surface area contributed by atoms with Crippen molar-refractivity contribution in [1.82, 2.24) is 20.1 Å². The standard InChI is InChI=1S/C22H24N4O3/c1-16(18-5-9-20(10-6-18)26-15-23-14-24-26)25-22(28)4-3-13-29-21-11-7-19(8-12-21)17(2)27/h5-12,14-16H,3-4,13H2,1-2H3,(H,25,28). The zero-order valence-corrected chi connectivity index (χ0v) is 16.5. The van der Waals surface area contributed by atoms with Crippen LogP contribution in [0.2, 0.25) is 0 Å². The molecule has 0 aliphatic heterocycles. The number of Topliss-reactive ketones (excluding diaryl/α,β-unsaturated/α-hetero) is 1. The molecule has 0 spiro atoms. The molecule has 0 bridgehead atoms. The van der Waals surface area contributed by atoms with Crippen LogP contribution in [0.5, 0.6) is 5.75 Å². The van der Waals surface area contributed by atoms with Gasteiger partial charge in [0.15, 0.2) is 5.78 Å². The third-order valence-electron chi connectivity index (χ3n) is 4.53. The number of nitrogens with one attached hydrogen (secondary N) is 1. The minimum atomic E-state index is -0.0904. The molecule has 29 heavy (non-hydrogen) atoms. The number of nitrogens with zero attached hydrogens (tertiary/aromatic N) is 3. The fourth-order valence-electron chi connectivity index (χ4n) is 2.86. The van der Waals surface area contributed by atoms with E-state index in [1.54, 1.807) is 35.3 Å². The molecule has 1 amide bonds. The number of benzene rings is 2. The Hall–Kier alpha value is -3.48. The lowest BCUT2D eigenvalue weighted by molar-refractivity contribution is -0.121. The first-order valence-electron chi connectivity index (χ1n) is 9.51. The van der Waals surface area contributed by atoms with Crippen molar-refractivity contribution < 1.29 is 14.3 Å². The number of amides is 1. The van der Waals surface area contributed by atoms with Gasteiger partial charge in [-0.3, -0.25) is 9.59 Å². The van der Waals surface area contributed by atoms with Crippen LogP contribution in [-0.2, 0) is 4.79 Å². The van der Waals surface area contributed by atoms with Crippen LogP contribution in [-0.4, -0.2) is 33.1 Å². The maximum atomic E-state index is 12.2. The van der Waals surface area contributed by atoms with Crippen molar-refractivity contribution in [2.45, 2.75) is 32.7 Å². The molecule has 150 valence electrons. The van der Waals surface area contributed by atoms with Crippen molar-refractivity contribution in [2.24, 2.45) is 0 Å². The van der Waals surface area contributed by atoms with Gasteiger partial charge in [-0.05, 0) is 62.2 Å². The summed E-state index contributed by atoms with van der Waals surface area (Å²) >= 11 is 0. The molecule has 1 heterocycles. The van der Waals surface area contributed by atoms with E-state index in [1.165, 1.54) is 13.3 Å². The zero-order valence-electron chi connectivity index (χ0n) is 16.5. The van der Waals surface area contributed by atoms with E-state index in [9.17, 15) is 9.59 Å². The molecule has 3 rings (SSSR count). The van der Waals surface area contributed by atoms with Gasteiger partial charge in [0, 0.05) is 12.0 Å². The van der Waals surface area contributed by atoms with E-state index >= 15 is 0 Å². The second-order valence-electron chi connectivity index (χ2n) is 6.75. The topological polar surface area (TPSA) is 86.1 Å². The van der Waals surface area contributed by atoms with Crippen LogP contribution in [0.3, 0.4) is 0 Å². The van der Waals surface area contributed by atoms with Crippen LogP contribution in [0.25, 0.3) is 5.69 Å². The lowest BCUT2D eigenvalue weighted by atomic mass is 10.1. The Balaban J connectivity index is 1.40. The summed E-state index contributed by atoms with van der Waals surface area (Å²) in [5.74, 6) is 0.694. The monoisotopic (exact) mass is 392 g/mol. The van der Waals surface area contributed by atoms with Gasteiger partial charge in [-0.25, -0.2) is 9.67 Å². The molecule has 0 aliphatic carbocycles. The van der Waals surface area contributed by atoms with Crippen LogP contribution in [0.1, 0.15) is 48.7 Å². The maximum absolute atomic E-state index is 12.2. The van der Waals surface area contributed by atoms with Gasteiger partial charge in [0.2, 0.25) is 5.91 Å². The average Bonchev–Trinajstić information content (AvgIpc) is 3.26. The molecule has 7 heteroatoms. The number of carbonyl (C=O) groups excluding carboxylic acids is 2. The van der Waals surface area contributed by atoms with Crippen molar-refractivity contribution in [1.29, 1.82) is 0 Å². The van der Waals surface area contributed by atoms with E-state index in [0.29, 0.717) is 30.8 Å². The third kappa shape index (κ3) is 5.75. The van der Waals surface area contributed by atoms with Crippen molar-refractivity contribution in [3.8, 4) is 11.4 Å². The fraction of sp³-hybridized carbons (Fsp3) is 0.273. The summed E-state index contributed by atoms with van der Waals surface area (Å²) in [6, 6.07) is 14.7. The first-order valence-corrected chi connectivity index (χ1v) is 9.51. The lowest BCUT2D eigenvalue weighted by Gasteiger charge is -2.15. The molecule has 1 unspecified atom stereocenters. The van der Waals surface area contributed by atoms with Crippen LogP contribution < -0.4 is 10.1 Å². The Morgan fingerprint density at radius 3 is 2.45 bits per heavy atom. The Morgan fingerprint density at radius 2 is 1.83 bits per heavy atom. The highest BCUT2D eigenvalue weighted by Gasteiger charge is 2.10. The Morgan fingerprint density at radius 1 is 1.10 bits per heavy atom. The molecule has 0 fully saturated rings. The largest absolute Gasteiger partial charge is 0.494 e. The Kier molecular flexibility index (Phi) is 6.73. The predicted molar refractivity (Wildman–Crippen MR) is 109 cm³/mol. The van der Waals surface area contributed by atoms with Gasteiger partial charge >= 0.3 is 0 Å². The number of ketones is 1. The fourth-order valence-corrected chi connectivity index (χ4v) is 2.86. The van der Waals surface area contributed by atoms with E-state index in [4.69, 9.17) is 4.74 Å². The van der Waals surface area contributed by atoms with Crippen molar-refractivity contribution in [2.75, 3.05) is 6.61 Å². The van der Waals surface area contributed by atoms with Crippen LogP contribution in [0.4, 0.5) is 0 Å². The van der Waals surface area contributed by atoms with Crippen molar-refractivity contribution in [3.63, 3.8) is 0 Å². The summed E-state index contributed by atoms with van der Waals surface area (Å²) in [4.78, 5) is 27.4. The third-order valence-corrected chi connectivity index (χ3v) is 4.53. The molecular formula is C22H24N4O3. The maximum Gasteiger partial charge on any atom is 0.220 e. The lowest BCUT2D eigenvalue weighted by Crippen LogP contribution is -2.26. The smallest absolute Gasteiger partial charge is 0.220 e. The molecule has 1 N–H and O–H groups in total. The Labute approximate surface area is 169 Å². The highest BCUT2D eigenvalue weighted by molar-refractivity contribution is 5.94. The zero-order chi connectivity index (χ0) is 20.6. The predicted octanol–water partition coefficient (Wildman–Crippen LogP) is 3.51. The molecule has 3 aromatic rings. The highest BCUT2D eigenvalue weighted by atomic mass is 16.5. The van der Waals surface area contributed by atoms with Gasteiger partial charge in [0.1, 0.15) is 18.4 Å². The minimum Gasteiger partial charge on any atom is -0.494 e. The van der Waals surface area contributed by atoms with E-state index in [0.717, 1.165) is 11.3 Å². The average molecular weight is 392 g/mol. The summed E-state index contributed by atoms with van der Waals surface area (Å²) in [7, 11) is 0. The van der Waals surface area contributed by atoms with Crippen LogP contribution >= 0.6 is 0 Å². The number of aromatic nitrogens is 3. The molecule has 0 saturated heterocycles. The van der Waals surface area contributed by atoms with Gasteiger partial charge < -0.3 is 10.1 Å². The van der Waals surface area contributed by atoms with E-state index in [-0.39, 0.29) is 17.7 Å². The highest BCUT2D eigenvalue weighted by Crippen LogP contribution is 2.16. The molecule has 2 aromatic carbocycles. The number of carbonyl (C=O) groups is 2. The van der Waals surface area contributed by atoms with E-state index < -0.39 is 0 Å². The van der Waals surface area contributed by atoms with E-state index in [1.807, 2.05) is 31.2 Å². The molecule has 1 atom stereocenters. The molecule has 0 saturated carbocycles. The molecule has 7 nitrogen and oxygen atoms in total. The number of rotatable bonds is 9. The summed E-state index contributed by atoms with van der Waals surface area (Å²) < 4.78 is 7.31. The van der Waals surface area contributed by atoms with Gasteiger partial charge in [-0.15, -0.1) is 0 Å². The van der Waals surface area contributed by atoms with E-state index in [2.05, 4.69) is 15.4 Å². The van der Waals surface area contributed by atoms with Gasteiger partial charge in [0.05, 0.1) is 18.3 Å². The SMILES string of the molecule is CC(=O)c1ccc(OCCCC(=O)NC(C)c2ccc(-n3cncn3)cc2)cc1. The van der Waals surface area contributed by atoms with Crippen LogP contribution in [0.15, 0.2) is 61.2 Å². The van der Waals surface area contributed by atoms with Crippen molar-refractivity contribution in [3.05, 3.63) is 72.3 Å². The second-order valence-corrected chi connectivity index (χ2v) is 6.75. The van der Waals surface area contributed by atoms with Gasteiger partial charge in [-0.2, -0.15) is 5.10 Å². The normalized spacial score (nSPS) is 11.7. The minimum absolute atomic E-state index is 0.0200. The molecule has 1 aromatic heterocycles. The van der Waals surface area contributed by atoms with Crippen molar-refractivity contribution >= 4 is 11.7 Å². The number of hydrogen-bond donors (Lipinski definition) is 1. The van der Waals surface area contributed by atoms with Crippen LogP contribution in [0, 0.1) is 0 Å². The summed E-state index contributed by atoms with van der Waals surface area (Å²) in [5, 5.41) is 7.10. The molecular weight excluding hydrogens is 368 g/mol. The Bertz CT molecular complexity index is 935. The first kappa shape index (κ1) is 20.3. The van der Waals surface area contributed by atoms with Gasteiger partial charge in [-0.1, -0.05) is 12.1 Å². The second kappa shape index (κ2) is 9.64. The first-order chi connectivity index (χ1) is 14.0. The quantitative estimate of drug-likeness (QED) is 0.445. The number of hydrogen-bond acceptors (Lipinski definition) is 5. The molecule has 0 aliphatic rings. The van der Waals surface area contributed by atoms with Gasteiger partial charge in [0.25, 0.3) is 0 Å².